The van der Waals surface area contributed by atoms with E-state index >= 15 is 0 Å². The largest absolute Gasteiger partial charge is 0.496 e. The number of ether oxygens (including phenoxy) is 4. The summed E-state index contributed by atoms with van der Waals surface area (Å²) >= 11 is 0. The van der Waals surface area contributed by atoms with Gasteiger partial charge in [0.1, 0.15) is 23.4 Å². The first kappa shape index (κ1) is 12.5. The summed E-state index contributed by atoms with van der Waals surface area (Å²) in [6.07, 6.45) is 0.745. The van der Waals surface area contributed by atoms with E-state index in [0.717, 1.165) is 5.56 Å². The second-order valence-electron chi connectivity index (χ2n) is 3.96. The van der Waals surface area contributed by atoms with Gasteiger partial charge in [0.15, 0.2) is 0 Å². The SMILES string of the molecule is COc1cc(OC)c(C2CCC(=O)O2)c(OC)c1. The van der Waals surface area contributed by atoms with E-state index in [2.05, 4.69) is 0 Å². The van der Waals surface area contributed by atoms with Gasteiger partial charge >= 0.3 is 5.97 Å². The minimum Gasteiger partial charge on any atom is -0.496 e. The van der Waals surface area contributed by atoms with Gasteiger partial charge in [-0.1, -0.05) is 0 Å². The van der Waals surface area contributed by atoms with Gasteiger partial charge in [-0.25, -0.2) is 0 Å². The molecule has 1 aromatic rings. The standard InChI is InChI=1S/C13H16O5/c1-15-8-6-10(16-2)13(11(7-8)17-3)9-4-5-12(14)18-9/h6-7,9H,4-5H2,1-3H3. The van der Waals surface area contributed by atoms with Crippen LogP contribution in [-0.2, 0) is 9.53 Å². The molecule has 98 valence electrons. The highest BCUT2D eigenvalue weighted by atomic mass is 16.6. The zero-order valence-corrected chi connectivity index (χ0v) is 10.7. The average Bonchev–Trinajstić information content (AvgIpc) is 2.83. The molecule has 1 saturated heterocycles. The van der Waals surface area contributed by atoms with Gasteiger partial charge < -0.3 is 18.9 Å². The van der Waals surface area contributed by atoms with Crippen molar-refractivity contribution >= 4 is 5.97 Å². The van der Waals surface area contributed by atoms with E-state index in [4.69, 9.17) is 18.9 Å². The molecule has 0 radical (unpaired) electrons. The summed E-state index contributed by atoms with van der Waals surface area (Å²) in [6, 6.07) is 3.51. The summed E-state index contributed by atoms with van der Waals surface area (Å²) in [7, 11) is 4.70. The van der Waals surface area contributed by atoms with Gasteiger partial charge in [-0.2, -0.15) is 0 Å². The number of cyclic esters (lactones) is 1. The highest BCUT2D eigenvalue weighted by molar-refractivity contribution is 5.72. The van der Waals surface area contributed by atoms with Crippen molar-refractivity contribution in [1.82, 2.24) is 0 Å². The van der Waals surface area contributed by atoms with E-state index < -0.39 is 0 Å². The topological polar surface area (TPSA) is 54.0 Å². The van der Waals surface area contributed by atoms with Crippen molar-refractivity contribution in [3.8, 4) is 17.2 Å². The molecule has 0 saturated carbocycles. The summed E-state index contributed by atoms with van der Waals surface area (Å²) in [5.41, 5.74) is 0.756. The average molecular weight is 252 g/mol. The van der Waals surface area contributed by atoms with Crippen LogP contribution in [0.3, 0.4) is 0 Å². The number of benzene rings is 1. The zero-order valence-electron chi connectivity index (χ0n) is 10.7. The third kappa shape index (κ3) is 2.20. The van der Waals surface area contributed by atoms with Crippen LogP contribution >= 0.6 is 0 Å². The Labute approximate surface area is 106 Å². The van der Waals surface area contributed by atoms with Crippen LogP contribution in [0, 0.1) is 0 Å². The highest BCUT2D eigenvalue weighted by Gasteiger charge is 2.30. The first-order valence-electron chi connectivity index (χ1n) is 5.69. The maximum Gasteiger partial charge on any atom is 0.306 e. The minimum absolute atomic E-state index is 0.195. The van der Waals surface area contributed by atoms with Gasteiger partial charge in [0.25, 0.3) is 0 Å². The number of methoxy groups -OCH3 is 3. The van der Waals surface area contributed by atoms with E-state index in [1.807, 2.05) is 0 Å². The summed E-state index contributed by atoms with van der Waals surface area (Å²) < 4.78 is 21.1. The van der Waals surface area contributed by atoms with Crippen molar-refractivity contribution in [2.45, 2.75) is 18.9 Å². The number of hydrogen-bond donors (Lipinski definition) is 0. The molecule has 1 aliphatic heterocycles. The fourth-order valence-electron chi connectivity index (χ4n) is 2.08. The van der Waals surface area contributed by atoms with Crippen LogP contribution in [-0.4, -0.2) is 27.3 Å². The van der Waals surface area contributed by atoms with Crippen LogP contribution in [0.1, 0.15) is 24.5 Å². The van der Waals surface area contributed by atoms with Crippen LogP contribution in [0.5, 0.6) is 17.2 Å². The van der Waals surface area contributed by atoms with Crippen LogP contribution in [0.2, 0.25) is 0 Å². The lowest BCUT2D eigenvalue weighted by Crippen LogP contribution is -2.04. The first-order valence-corrected chi connectivity index (χ1v) is 5.69. The van der Waals surface area contributed by atoms with E-state index in [-0.39, 0.29) is 12.1 Å². The zero-order chi connectivity index (χ0) is 13.1. The van der Waals surface area contributed by atoms with Crippen LogP contribution in [0.4, 0.5) is 0 Å². The molecule has 1 aliphatic rings. The second-order valence-corrected chi connectivity index (χ2v) is 3.96. The Morgan fingerprint density at radius 1 is 1.11 bits per heavy atom. The Morgan fingerprint density at radius 3 is 2.11 bits per heavy atom. The monoisotopic (exact) mass is 252 g/mol. The Hall–Kier alpha value is -1.91. The molecule has 1 unspecified atom stereocenters. The minimum atomic E-state index is -0.312. The molecule has 5 nitrogen and oxygen atoms in total. The molecule has 1 fully saturated rings. The molecule has 1 heterocycles. The predicted molar refractivity (Wildman–Crippen MR) is 64.2 cm³/mol. The Bertz CT molecular complexity index is 430. The molecule has 0 amide bonds. The number of carbonyl (C=O) groups is 1. The molecule has 0 aromatic heterocycles. The predicted octanol–water partition coefficient (Wildman–Crippen LogP) is 2.09. The fraction of sp³-hybridized carbons (Fsp3) is 0.462. The molecule has 1 aromatic carbocycles. The van der Waals surface area contributed by atoms with Crippen molar-refractivity contribution in [3.05, 3.63) is 17.7 Å². The summed E-state index contributed by atoms with van der Waals surface area (Å²) in [4.78, 5) is 11.2. The Balaban J connectivity index is 2.46. The number of carbonyl (C=O) groups excluding carboxylic acids is 1. The molecular formula is C13H16O5. The summed E-state index contributed by atoms with van der Waals surface area (Å²) in [5, 5.41) is 0. The molecule has 5 heteroatoms. The van der Waals surface area contributed by atoms with Gasteiger partial charge in [0.2, 0.25) is 0 Å². The molecule has 0 aliphatic carbocycles. The van der Waals surface area contributed by atoms with Crippen LogP contribution in [0.15, 0.2) is 12.1 Å². The van der Waals surface area contributed by atoms with Crippen LogP contribution < -0.4 is 14.2 Å². The van der Waals surface area contributed by atoms with Crippen molar-refractivity contribution in [1.29, 1.82) is 0 Å². The normalized spacial score (nSPS) is 18.4. The molecule has 0 N–H and O–H groups in total. The van der Waals surface area contributed by atoms with Crippen molar-refractivity contribution in [2.75, 3.05) is 21.3 Å². The lowest BCUT2D eigenvalue weighted by atomic mass is 10.0. The quantitative estimate of drug-likeness (QED) is 0.768. The third-order valence-corrected chi connectivity index (χ3v) is 2.96. The lowest BCUT2D eigenvalue weighted by molar-refractivity contribution is -0.141. The smallest absolute Gasteiger partial charge is 0.306 e. The van der Waals surface area contributed by atoms with Gasteiger partial charge in [-0.15, -0.1) is 0 Å². The Morgan fingerprint density at radius 2 is 1.72 bits per heavy atom. The Kier molecular flexibility index (Phi) is 3.60. The van der Waals surface area contributed by atoms with Gasteiger partial charge in [-0.3, -0.25) is 4.79 Å². The van der Waals surface area contributed by atoms with Crippen molar-refractivity contribution in [3.63, 3.8) is 0 Å². The van der Waals surface area contributed by atoms with Gasteiger partial charge in [0, 0.05) is 18.6 Å². The lowest BCUT2D eigenvalue weighted by Gasteiger charge is -2.18. The fourth-order valence-corrected chi connectivity index (χ4v) is 2.08. The number of hydrogen-bond acceptors (Lipinski definition) is 5. The van der Waals surface area contributed by atoms with E-state index in [1.54, 1.807) is 33.5 Å². The molecule has 18 heavy (non-hydrogen) atoms. The van der Waals surface area contributed by atoms with E-state index in [9.17, 15) is 4.79 Å². The van der Waals surface area contributed by atoms with Crippen molar-refractivity contribution in [2.24, 2.45) is 0 Å². The first-order chi connectivity index (χ1) is 8.69. The number of rotatable bonds is 4. The molecule has 1 atom stereocenters. The highest BCUT2D eigenvalue weighted by Crippen LogP contribution is 2.43. The van der Waals surface area contributed by atoms with Crippen molar-refractivity contribution < 1.29 is 23.7 Å². The molecule has 0 spiro atoms. The van der Waals surface area contributed by atoms with Gasteiger partial charge in [0.05, 0.1) is 26.9 Å². The number of esters is 1. The summed E-state index contributed by atoms with van der Waals surface area (Å²) in [5.74, 6) is 1.65. The molecule has 2 rings (SSSR count). The summed E-state index contributed by atoms with van der Waals surface area (Å²) in [6.45, 7) is 0. The van der Waals surface area contributed by atoms with E-state index in [1.165, 1.54) is 0 Å². The second kappa shape index (κ2) is 5.16. The maximum atomic E-state index is 11.2. The molecule has 0 bridgehead atoms. The van der Waals surface area contributed by atoms with Crippen LogP contribution in [0.25, 0.3) is 0 Å². The third-order valence-electron chi connectivity index (χ3n) is 2.96. The maximum absolute atomic E-state index is 11.2. The van der Waals surface area contributed by atoms with Gasteiger partial charge in [-0.05, 0) is 6.42 Å². The molecular weight excluding hydrogens is 236 g/mol. The van der Waals surface area contributed by atoms with E-state index in [0.29, 0.717) is 30.1 Å².